The minimum Gasteiger partial charge on any atom is -0.377 e. The summed E-state index contributed by atoms with van der Waals surface area (Å²) in [6, 6.07) is 10.6. The number of hydrogen-bond acceptors (Lipinski definition) is 5. The monoisotopic (exact) mass is 471 g/mol. The molecule has 1 atom stereocenters. The number of aromatic nitrogens is 5. The molecule has 0 saturated heterocycles. The van der Waals surface area contributed by atoms with Gasteiger partial charge in [-0.25, -0.2) is 22.8 Å². The fraction of sp³-hybridized carbons (Fsp3) is 0.130. The maximum absolute atomic E-state index is 15.8. The molecule has 0 bridgehead atoms. The van der Waals surface area contributed by atoms with Crippen molar-refractivity contribution in [3.8, 4) is 11.8 Å². The predicted octanol–water partition coefficient (Wildman–Crippen LogP) is 3.57. The van der Waals surface area contributed by atoms with Crippen molar-refractivity contribution in [3.05, 3.63) is 107 Å². The second-order valence-electron chi connectivity index (χ2n) is 7.23. The van der Waals surface area contributed by atoms with Gasteiger partial charge in [-0.3, -0.25) is 0 Å². The minimum absolute atomic E-state index is 0.0779. The first kappa shape index (κ1) is 23.0. The van der Waals surface area contributed by atoms with E-state index in [0.717, 1.165) is 29.2 Å². The van der Waals surface area contributed by atoms with E-state index in [-0.39, 0.29) is 5.69 Å². The zero-order valence-corrected chi connectivity index (χ0v) is 17.1. The van der Waals surface area contributed by atoms with E-state index in [4.69, 9.17) is 0 Å². The van der Waals surface area contributed by atoms with Crippen LogP contribution in [0.4, 0.5) is 22.0 Å². The van der Waals surface area contributed by atoms with Crippen molar-refractivity contribution in [2.75, 3.05) is 0 Å². The van der Waals surface area contributed by atoms with Gasteiger partial charge >= 0.3 is 5.92 Å². The van der Waals surface area contributed by atoms with Gasteiger partial charge in [0.1, 0.15) is 35.2 Å². The summed E-state index contributed by atoms with van der Waals surface area (Å²) in [7, 11) is 0. The lowest BCUT2D eigenvalue weighted by atomic mass is 9.84. The number of benzene rings is 2. The third kappa shape index (κ3) is 4.49. The summed E-state index contributed by atoms with van der Waals surface area (Å²) in [5.74, 6) is -1.80. The van der Waals surface area contributed by atoms with Crippen LogP contribution in [0.25, 0.3) is 0 Å². The Hall–Kier alpha value is -4.17. The number of hydrogen-bond donors (Lipinski definition) is 1. The van der Waals surface area contributed by atoms with E-state index in [1.54, 1.807) is 0 Å². The zero-order chi connectivity index (χ0) is 24.3. The maximum atomic E-state index is 15.8. The minimum atomic E-state index is -4.20. The number of tetrazole rings is 1. The Balaban J connectivity index is 1.77. The Bertz CT molecular complexity index is 1370. The quantitative estimate of drug-likeness (QED) is 0.356. The Kier molecular flexibility index (Phi) is 6.08. The summed E-state index contributed by atoms with van der Waals surface area (Å²) in [5, 5.41) is 21.3. The Morgan fingerprint density at radius 1 is 0.912 bits per heavy atom. The third-order valence-corrected chi connectivity index (χ3v) is 4.93. The van der Waals surface area contributed by atoms with E-state index in [1.807, 2.05) is 0 Å². The van der Waals surface area contributed by atoms with Crippen molar-refractivity contribution in [1.29, 1.82) is 0 Å². The van der Waals surface area contributed by atoms with Gasteiger partial charge in [0.05, 0.1) is 6.54 Å². The van der Waals surface area contributed by atoms with E-state index < -0.39 is 46.8 Å². The number of nitrogens with zero attached hydrogens (tertiary/aromatic N) is 5. The molecule has 4 rings (SSSR count). The van der Waals surface area contributed by atoms with E-state index >= 15 is 8.78 Å². The van der Waals surface area contributed by atoms with Crippen LogP contribution in [0.3, 0.4) is 0 Å². The van der Waals surface area contributed by atoms with Crippen molar-refractivity contribution < 1.29 is 27.1 Å². The molecule has 1 N–H and O–H groups in total. The first-order chi connectivity index (χ1) is 16.2. The molecule has 6 nitrogen and oxygen atoms in total. The molecule has 0 aliphatic rings. The molecule has 0 aliphatic carbocycles. The van der Waals surface area contributed by atoms with Gasteiger partial charge in [-0.2, -0.15) is 8.78 Å². The smallest absolute Gasteiger partial charge is 0.323 e. The molecule has 0 aliphatic heterocycles. The number of aliphatic hydroxyl groups is 1. The van der Waals surface area contributed by atoms with Crippen LogP contribution < -0.4 is 0 Å². The molecule has 0 spiro atoms. The molecule has 2 aromatic heterocycles. The lowest BCUT2D eigenvalue weighted by Gasteiger charge is -2.35. The van der Waals surface area contributed by atoms with Gasteiger partial charge in [0.15, 0.2) is 5.60 Å². The Morgan fingerprint density at radius 2 is 1.65 bits per heavy atom. The lowest BCUT2D eigenvalue weighted by molar-refractivity contribution is -0.207. The lowest BCUT2D eigenvalue weighted by Crippen LogP contribution is -2.48. The Labute approximate surface area is 189 Å². The van der Waals surface area contributed by atoms with Gasteiger partial charge in [-0.1, -0.05) is 12.0 Å². The van der Waals surface area contributed by atoms with Crippen molar-refractivity contribution in [3.63, 3.8) is 0 Å². The van der Waals surface area contributed by atoms with Crippen LogP contribution in [-0.2, 0) is 18.1 Å². The van der Waals surface area contributed by atoms with Gasteiger partial charge < -0.3 is 5.11 Å². The summed E-state index contributed by atoms with van der Waals surface area (Å²) in [6.45, 7) is -0.970. The summed E-state index contributed by atoms with van der Waals surface area (Å²) >= 11 is 0. The van der Waals surface area contributed by atoms with Crippen molar-refractivity contribution in [1.82, 2.24) is 25.2 Å². The molecule has 0 saturated carbocycles. The van der Waals surface area contributed by atoms with Crippen molar-refractivity contribution in [2.45, 2.75) is 18.1 Å². The maximum Gasteiger partial charge on any atom is 0.323 e. The topological polar surface area (TPSA) is 76.7 Å². The molecule has 11 heteroatoms. The molecule has 0 radical (unpaired) electrons. The predicted molar refractivity (Wildman–Crippen MR) is 109 cm³/mol. The van der Waals surface area contributed by atoms with Gasteiger partial charge in [-0.15, -0.1) is 5.10 Å². The molecule has 172 valence electrons. The fourth-order valence-electron chi connectivity index (χ4n) is 3.23. The third-order valence-electron chi connectivity index (χ3n) is 4.93. The van der Waals surface area contributed by atoms with Crippen LogP contribution in [0, 0.1) is 29.3 Å². The highest BCUT2D eigenvalue weighted by atomic mass is 19.3. The summed E-state index contributed by atoms with van der Waals surface area (Å²) < 4.78 is 73.5. The summed E-state index contributed by atoms with van der Waals surface area (Å²) in [6.07, 6.45) is 0.959. The van der Waals surface area contributed by atoms with Crippen LogP contribution in [-0.4, -0.2) is 30.3 Å². The standard InChI is InChI=1S/C23H14F5N5O/c24-16-7-4-15(5-8-16)6-10-18-2-1-3-21(30-18)23(27,28)22(34,13-33-14-29-31-32-33)19-11-9-17(25)12-20(19)26/h1-5,7-9,11-12,14,34H,13H2. The van der Waals surface area contributed by atoms with Crippen molar-refractivity contribution >= 4 is 0 Å². The first-order valence-corrected chi connectivity index (χ1v) is 9.71. The normalized spacial score (nSPS) is 13.1. The molecule has 2 aromatic carbocycles. The van der Waals surface area contributed by atoms with Gasteiger partial charge in [-0.05, 0) is 64.9 Å². The van der Waals surface area contributed by atoms with Crippen LogP contribution in [0.2, 0.25) is 0 Å². The molecular formula is C23H14F5N5O. The molecule has 0 fully saturated rings. The number of rotatable bonds is 5. The molecule has 34 heavy (non-hydrogen) atoms. The fourth-order valence-corrected chi connectivity index (χ4v) is 3.23. The van der Waals surface area contributed by atoms with E-state index in [1.165, 1.54) is 36.4 Å². The molecule has 0 amide bonds. The number of pyridine rings is 1. The number of halogens is 5. The van der Waals surface area contributed by atoms with Crippen LogP contribution in [0.15, 0.2) is 67.0 Å². The summed E-state index contributed by atoms with van der Waals surface area (Å²) in [4.78, 5) is 3.83. The van der Waals surface area contributed by atoms with E-state index in [2.05, 4.69) is 32.4 Å². The largest absolute Gasteiger partial charge is 0.377 e. The average molecular weight is 471 g/mol. The molecule has 1 unspecified atom stereocenters. The van der Waals surface area contributed by atoms with E-state index in [0.29, 0.717) is 11.6 Å². The second kappa shape index (κ2) is 8.99. The van der Waals surface area contributed by atoms with Gasteiger partial charge in [0.2, 0.25) is 0 Å². The first-order valence-electron chi connectivity index (χ1n) is 9.71. The van der Waals surface area contributed by atoms with Gasteiger partial charge in [0, 0.05) is 17.2 Å². The van der Waals surface area contributed by atoms with E-state index in [9.17, 15) is 18.3 Å². The van der Waals surface area contributed by atoms with Crippen molar-refractivity contribution in [2.24, 2.45) is 0 Å². The average Bonchev–Trinajstić information content (AvgIpc) is 3.31. The highest BCUT2D eigenvalue weighted by Crippen LogP contribution is 2.46. The van der Waals surface area contributed by atoms with Crippen LogP contribution in [0.5, 0.6) is 0 Å². The molecule has 2 heterocycles. The summed E-state index contributed by atoms with van der Waals surface area (Å²) in [5.41, 5.74) is -4.71. The SMILES string of the molecule is OC(Cn1cnnn1)(c1ccc(F)cc1F)C(F)(F)c1cccc(C#Cc2ccc(F)cc2)n1. The Morgan fingerprint density at radius 3 is 2.32 bits per heavy atom. The zero-order valence-electron chi connectivity index (χ0n) is 17.1. The molecular weight excluding hydrogens is 457 g/mol. The highest BCUT2D eigenvalue weighted by molar-refractivity contribution is 5.41. The highest BCUT2D eigenvalue weighted by Gasteiger charge is 2.58. The van der Waals surface area contributed by atoms with Crippen LogP contribution in [0.1, 0.15) is 22.5 Å². The molecule has 4 aromatic rings. The van der Waals surface area contributed by atoms with Crippen LogP contribution >= 0.6 is 0 Å². The van der Waals surface area contributed by atoms with Gasteiger partial charge in [0.25, 0.3) is 0 Å². The number of alkyl halides is 2. The second-order valence-corrected chi connectivity index (χ2v) is 7.23.